The first kappa shape index (κ1) is 22.5. The van der Waals surface area contributed by atoms with Crippen molar-refractivity contribution in [1.82, 2.24) is 20.6 Å². The Kier molecular flexibility index (Phi) is 7.82. The molecule has 0 aliphatic rings. The first-order valence-corrected chi connectivity index (χ1v) is 10.4. The molecule has 0 fully saturated rings. The Morgan fingerprint density at radius 1 is 1.13 bits per heavy atom. The lowest BCUT2D eigenvalue weighted by atomic mass is 10.2. The predicted molar refractivity (Wildman–Crippen MR) is 114 cm³/mol. The van der Waals surface area contributed by atoms with Gasteiger partial charge in [-0.1, -0.05) is 30.3 Å². The van der Waals surface area contributed by atoms with E-state index in [1.165, 1.54) is 0 Å². The quantitative estimate of drug-likeness (QED) is 0.401. The summed E-state index contributed by atoms with van der Waals surface area (Å²) in [5.41, 5.74) is 1.16. The van der Waals surface area contributed by atoms with E-state index in [9.17, 15) is 13.2 Å². The Morgan fingerprint density at radius 2 is 1.94 bits per heavy atom. The minimum absolute atomic E-state index is 0.369. The van der Waals surface area contributed by atoms with Gasteiger partial charge in [-0.05, 0) is 17.2 Å². The summed E-state index contributed by atoms with van der Waals surface area (Å²) in [7, 11) is 1.63. The second-order valence-corrected chi connectivity index (χ2v) is 7.45. The third-order valence-corrected chi connectivity index (χ3v) is 5.09. The summed E-state index contributed by atoms with van der Waals surface area (Å²) in [4.78, 5) is 12.0. The lowest BCUT2D eigenvalue weighted by molar-refractivity contribution is -0.140. The highest BCUT2D eigenvalue weighted by Gasteiger charge is 2.33. The van der Waals surface area contributed by atoms with Gasteiger partial charge in [-0.15, -0.1) is 11.3 Å². The first-order valence-electron chi connectivity index (χ1n) is 9.52. The number of halogens is 3. The van der Waals surface area contributed by atoms with Crippen LogP contribution in [0.25, 0.3) is 0 Å². The normalized spacial score (nSPS) is 11.9. The average molecular weight is 450 g/mol. The maximum atomic E-state index is 12.6. The van der Waals surface area contributed by atoms with Gasteiger partial charge in [-0.25, -0.2) is 9.97 Å². The van der Waals surface area contributed by atoms with Crippen molar-refractivity contribution in [2.45, 2.75) is 25.7 Å². The zero-order valence-corrected chi connectivity index (χ0v) is 17.6. The Bertz CT molecular complexity index is 992. The van der Waals surface area contributed by atoms with Crippen molar-refractivity contribution in [1.29, 1.82) is 0 Å². The van der Waals surface area contributed by atoms with Gasteiger partial charge in [-0.2, -0.15) is 13.2 Å². The van der Waals surface area contributed by atoms with Gasteiger partial charge in [0.05, 0.1) is 5.01 Å². The summed E-state index contributed by atoms with van der Waals surface area (Å²) in [6, 6.07) is 13.5. The third-order valence-electron chi connectivity index (χ3n) is 4.19. The number of benzene rings is 1. The zero-order valence-electron chi connectivity index (χ0n) is 16.8. The van der Waals surface area contributed by atoms with E-state index >= 15 is 0 Å². The standard InChI is InChI=1S/C21H22F3N5OS/c1-25-20(27-10-8-19-29-17(14-31-19)21(22,23)24)28-12-16-7-9-26-18(11-16)30-13-15-5-3-2-4-6-15/h2-7,9,11,14H,8,10,12-13H2,1H3,(H2,25,27,28). The molecule has 0 atom stereocenters. The molecule has 0 unspecified atom stereocenters. The Labute approximate surface area is 182 Å². The average Bonchev–Trinajstić information content (AvgIpc) is 3.25. The van der Waals surface area contributed by atoms with Crippen molar-refractivity contribution in [2.75, 3.05) is 13.6 Å². The summed E-state index contributed by atoms with van der Waals surface area (Å²) in [6.07, 6.45) is -2.36. The van der Waals surface area contributed by atoms with Gasteiger partial charge < -0.3 is 15.4 Å². The van der Waals surface area contributed by atoms with E-state index < -0.39 is 11.9 Å². The molecule has 6 nitrogen and oxygen atoms in total. The molecule has 0 radical (unpaired) electrons. The highest BCUT2D eigenvalue weighted by molar-refractivity contribution is 7.09. The van der Waals surface area contributed by atoms with E-state index in [-0.39, 0.29) is 0 Å². The SMILES string of the molecule is CN=C(NCCc1nc(C(F)(F)F)cs1)NCc1ccnc(OCc2ccccc2)c1. The highest BCUT2D eigenvalue weighted by Crippen LogP contribution is 2.30. The number of nitrogens with zero attached hydrogens (tertiary/aromatic N) is 3. The molecule has 0 aliphatic heterocycles. The number of aliphatic imine (C=N–C) groups is 1. The van der Waals surface area contributed by atoms with Crippen LogP contribution < -0.4 is 15.4 Å². The van der Waals surface area contributed by atoms with E-state index in [2.05, 4.69) is 25.6 Å². The molecule has 2 heterocycles. The minimum Gasteiger partial charge on any atom is -0.473 e. The van der Waals surface area contributed by atoms with Gasteiger partial charge in [0.25, 0.3) is 0 Å². The number of ether oxygens (including phenoxy) is 1. The van der Waals surface area contributed by atoms with Crippen molar-refractivity contribution in [3.05, 3.63) is 75.9 Å². The molecule has 10 heteroatoms. The van der Waals surface area contributed by atoms with E-state index in [0.717, 1.165) is 27.8 Å². The molecular weight excluding hydrogens is 427 g/mol. The molecule has 2 N–H and O–H groups in total. The van der Waals surface area contributed by atoms with Crippen LogP contribution in [0.5, 0.6) is 5.88 Å². The Hall–Kier alpha value is -3.14. The van der Waals surface area contributed by atoms with Gasteiger partial charge in [0, 0.05) is 44.2 Å². The van der Waals surface area contributed by atoms with Crippen LogP contribution in [0.4, 0.5) is 13.2 Å². The second-order valence-electron chi connectivity index (χ2n) is 6.50. The number of alkyl halides is 3. The van der Waals surface area contributed by atoms with Crippen LogP contribution in [0.15, 0.2) is 59.0 Å². The molecule has 2 aromatic heterocycles. The summed E-state index contributed by atoms with van der Waals surface area (Å²) in [6.45, 7) is 1.33. The summed E-state index contributed by atoms with van der Waals surface area (Å²) in [5.74, 6) is 1.06. The molecule has 0 amide bonds. The molecular formula is C21H22F3N5OS. The lowest BCUT2D eigenvalue weighted by Crippen LogP contribution is -2.37. The van der Waals surface area contributed by atoms with E-state index in [1.807, 2.05) is 42.5 Å². The van der Waals surface area contributed by atoms with E-state index in [0.29, 0.717) is 43.0 Å². The molecule has 0 spiro atoms. The number of pyridine rings is 1. The molecule has 0 saturated heterocycles. The van der Waals surface area contributed by atoms with Crippen LogP contribution in [0.2, 0.25) is 0 Å². The van der Waals surface area contributed by atoms with Crippen molar-refractivity contribution >= 4 is 17.3 Å². The van der Waals surface area contributed by atoms with Crippen molar-refractivity contribution in [3.63, 3.8) is 0 Å². The van der Waals surface area contributed by atoms with Crippen LogP contribution in [0.1, 0.15) is 21.8 Å². The fourth-order valence-corrected chi connectivity index (χ4v) is 3.43. The fraction of sp³-hybridized carbons (Fsp3) is 0.286. The van der Waals surface area contributed by atoms with E-state index in [4.69, 9.17) is 4.74 Å². The molecule has 0 saturated carbocycles. The van der Waals surface area contributed by atoms with Gasteiger partial charge in [0.2, 0.25) is 5.88 Å². The van der Waals surface area contributed by atoms with Crippen LogP contribution in [-0.4, -0.2) is 29.5 Å². The van der Waals surface area contributed by atoms with Crippen LogP contribution in [0, 0.1) is 0 Å². The van der Waals surface area contributed by atoms with Crippen molar-refractivity contribution in [3.8, 4) is 5.88 Å². The number of thiazole rings is 1. The summed E-state index contributed by atoms with van der Waals surface area (Å²) >= 11 is 0.998. The van der Waals surface area contributed by atoms with Crippen LogP contribution in [-0.2, 0) is 25.7 Å². The molecule has 3 aromatic rings. The molecule has 0 bridgehead atoms. The number of nitrogens with one attached hydrogen (secondary N) is 2. The molecule has 0 aliphatic carbocycles. The number of aromatic nitrogens is 2. The van der Waals surface area contributed by atoms with E-state index in [1.54, 1.807) is 13.2 Å². The first-order chi connectivity index (χ1) is 14.9. The van der Waals surface area contributed by atoms with Gasteiger partial charge >= 0.3 is 6.18 Å². The maximum Gasteiger partial charge on any atom is 0.434 e. The molecule has 3 rings (SSSR count). The number of guanidine groups is 1. The number of hydrogen-bond acceptors (Lipinski definition) is 5. The third kappa shape index (κ3) is 7.25. The topological polar surface area (TPSA) is 71.4 Å². The van der Waals surface area contributed by atoms with Crippen LogP contribution in [0.3, 0.4) is 0 Å². The van der Waals surface area contributed by atoms with Gasteiger partial charge in [0.1, 0.15) is 6.61 Å². The lowest BCUT2D eigenvalue weighted by Gasteiger charge is -2.12. The van der Waals surface area contributed by atoms with Crippen molar-refractivity contribution in [2.24, 2.45) is 4.99 Å². The Balaban J connectivity index is 1.44. The molecule has 164 valence electrons. The largest absolute Gasteiger partial charge is 0.473 e. The highest BCUT2D eigenvalue weighted by atomic mass is 32.1. The molecule has 1 aromatic carbocycles. The zero-order chi connectivity index (χ0) is 22.1. The predicted octanol–water partition coefficient (Wildman–Crippen LogP) is 4.04. The molecule has 31 heavy (non-hydrogen) atoms. The van der Waals surface area contributed by atoms with Gasteiger partial charge in [-0.3, -0.25) is 4.99 Å². The maximum absolute atomic E-state index is 12.6. The monoisotopic (exact) mass is 449 g/mol. The summed E-state index contributed by atoms with van der Waals surface area (Å²) in [5, 5.41) is 7.69. The smallest absolute Gasteiger partial charge is 0.434 e. The van der Waals surface area contributed by atoms with Crippen molar-refractivity contribution < 1.29 is 17.9 Å². The number of rotatable bonds is 8. The fourth-order valence-electron chi connectivity index (χ4n) is 2.62. The Morgan fingerprint density at radius 3 is 2.65 bits per heavy atom. The minimum atomic E-state index is -4.41. The van der Waals surface area contributed by atoms with Gasteiger partial charge in [0.15, 0.2) is 11.7 Å². The number of hydrogen-bond donors (Lipinski definition) is 2. The van der Waals surface area contributed by atoms with Crippen LogP contribution >= 0.6 is 11.3 Å². The second kappa shape index (κ2) is 10.8. The summed E-state index contributed by atoms with van der Waals surface area (Å²) < 4.78 is 43.6.